The van der Waals surface area contributed by atoms with Crippen LogP contribution in [0.5, 0.6) is 46.0 Å². The number of phenols is 3. The molecule has 0 radical (unpaired) electrons. The molecule has 6 heterocycles. The Hall–Kier alpha value is -9.65. The second-order valence-electron chi connectivity index (χ2n) is 26.7. The lowest BCUT2D eigenvalue weighted by Gasteiger charge is -2.44. The molecule has 11 rings (SSSR count). The van der Waals surface area contributed by atoms with E-state index < -0.39 is 209 Å². The molecule has 0 saturated carbocycles. The number of aliphatic hydroxyl groups is 5. The molecule has 1 fully saturated rings. The zero-order chi connectivity index (χ0) is 77.8. The lowest BCUT2D eigenvalue weighted by Crippen LogP contribution is -2.64. The number of fused-ring (bicyclic) bond motifs is 15. The third kappa shape index (κ3) is 19.6. The minimum Gasteiger partial charge on any atom is -0.508 e. The number of unbranched alkanes of at least 4 members (excludes halogenated alkanes) is 6. The first-order valence-electron chi connectivity index (χ1n) is 34.7. The number of rotatable bonds is 24. The van der Waals surface area contributed by atoms with Crippen LogP contribution in [0.25, 0.3) is 11.1 Å². The van der Waals surface area contributed by atoms with Crippen LogP contribution in [0.4, 0.5) is 0 Å². The van der Waals surface area contributed by atoms with E-state index in [0.29, 0.717) is 6.42 Å². The Bertz CT molecular complexity index is 4140. The molecule has 0 spiro atoms. The average Bonchev–Trinajstić information content (AvgIpc) is 0.768. The minimum absolute atomic E-state index is 0.0838. The Morgan fingerprint density at radius 1 is 0.664 bits per heavy atom. The van der Waals surface area contributed by atoms with E-state index in [4.69, 9.17) is 52.7 Å². The van der Waals surface area contributed by atoms with Gasteiger partial charge in [0.05, 0.1) is 36.2 Å². The molecule has 5 aromatic carbocycles. The summed E-state index contributed by atoms with van der Waals surface area (Å²) in [6.07, 6.45) is -6.42. The fraction of sp³-hybridized carbons (Fsp3) is 0.458. The first-order valence-corrected chi connectivity index (χ1v) is 35.5. The van der Waals surface area contributed by atoms with Crippen molar-refractivity contribution in [2.45, 2.75) is 170 Å². The number of nitrogens with zero attached hydrogens (tertiary/aromatic N) is 1. The molecule has 6 aliphatic rings. The van der Waals surface area contributed by atoms with Gasteiger partial charge in [-0.3, -0.25) is 43.2 Å². The molecule has 0 unspecified atom stereocenters. The lowest BCUT2D eigenvalue weighted by atomic mass is 9.89. The molecule has 0 aromatic heterocycles. The number of halogens is 2. The maximum Gasteiger partial charge on any atom is 0.330 e. The highest BCUT2D eigenvalue weighted by Crippen LogP contribution is 2.49. The van der Waals surface area contributed by atoms with E-state index in [1.54, 1.807) is 0 Å². The van der Waals surface area contributed by atoms with Crippen molar-refractivity contribution in [3.63, 3.8) is 0 Å². The van der Waals surface area contributed by atoms with Crippen LogP contribution in [-0.4, -0.2) is 193 Å². The highest BCUT2D eigenvalue weighted by Gasteiger charge is 2.47. The molecule has 107 heavy (non-hydrogen) atoms. The van der Waals surface area contributed by atoms with Crippen LogP contribution >= 0.6 is 23.2 Å². The van der Waals surface area contributed by atoms with Gasteiger partial charge in [-0.2, -0.15) is 5.06 Å². The number of nitrogens with one attached hydrogen (secondary N) is 8. The SMILES string of the molecule is CCCCCCCCCC(=O)NC[C@H]1O[C@@H](N(CCOc2c3cc4cc2Oc2ccc(cc2Cl)[C@@H](O)[C@@H](NC(=O)[C@@H](CC(C)C)NC)C(=O)N[C@@H](CC(N)=O)C(=O)N[C@H]4C(=O)N[C@H]2C(=O)N[C@H](C(=O)N[C@@H](C(=O)O)c4cc(O)cc(O)c4-c4cc2ccc4O)[C@H](O)c2ccc(c(Cl)c2)O3)OC)[C@H](O)[C@@H](O)[C@@H]1O. The predicted octanol–water partition coefficient (Wildman–Crippen LogP) is 3.00. The zero-order valence-corrected chi connectivity index (χ0v) is 60.4. The van der Waals surface area contributed by atoms with Crippen LogP contribution in [-0.2, 0) is 52.7 Å². The fourth-order valence-corrected chi connectivity index (χ4v) is 13.4. The van der Waals surface area contributed by atoms with Gasteiger partial charge in [0, 0.05) is 35.7 Å². The van der Waals surface area contributed by atoms with Gasteiger partial charge in [0.25, 0.3) is 0 Å². The van der Waals surface area contributed by atoms with Gasteiger partial charge in [0.15, 0.2) is 23.8 Å². The highest BCUT2D eigenvalue weighted by molar-refractivity contribution is 6.32. The van der Waals surface area contributed by atoms with E-state index in [1.807, 2.05) is 13.8 Å². The van der Waals surface area contributed by atoms with E-state index in [9.17, 15) is 74.7 Å². The topological polar surface area (TPSA) is 507 Å². The molecule has 35 heteroatoms. The summed E-state index contributed by atoms with van der Waals surface area (Å²) in [4.78, 5) is 135. The number of aliphatic hydroxyl groups excluding tert-OH is 5. The Morgan fingerprint density at radius 3 is 1.88 bits per heavy atom. The molecule has 8 amide bonds. The van der Waals surface area contributed by atoms with E-state index in [2.05, 4.69) is 49.5 Å². The van der Waals surface area contributed by atoms with Crippen LogP contribution in [0.1, 0.15) is 143 Å². The number of carbonyl (C=O) groups is 9. The smallest absolute Gasteiger partial charge is 0.330 e. The van der Waals surface area contributed by atoms with Crippen molar-refractivity contribution in [3.05, 3.63) is 117 Å². The molecule has 11 bridgehead atoms. The quantitative estimate of drug-likeness (QED) is 0.0312. The van der Waals surface area contributed by atoms with Crippen LogP contribution in [0.15, 0.2) is 78.9 Å². The monoisotopic (exact) mass is 1530 g/mol. The molecule has 1 saturated heterocycles. The van der Waals surface area contributed by atoms with Gasteiger partial charge in [-0.1, -0.05) is 101 Å². The van der Waals surface area contributed by atoms with Gasteiger partial charge < -0.3 is 113 Å². The number of phenolic OH excluding ortho intramolecular Hbond substituents is 3. The van der Waals surface area contributed by atoms with Crippen LogP contribution in [0.3, 0.4) is 0 Å². The number of aliphatic carboxylic acids is 1. The van der Waals surface area contributed by atoms with E-state index in [-0.39, 0.29) is 69.4 Å². The number of nitrogens with two attached hydrogens (primary N) is 1. The van der Waals surface area contributed by atoms with Gasteiger partial charge in [0.2, 0.25) is 53.0 Å². The minimum atomic E-state index is -2.27. The van der Waals surface area contributed by atoms with Crippen molar-refractivity contribution in [2.24, 2.45) is 11.7 Å². The zero-order valence-electron chi connectivity index (χ0n) is 58.9. The van der Waals surface area contributed by atoms with Gasteiger partial charge in [-0.05, 0) is 103 Å². The molecule has 578 valence electrons. The third-order valence-electron chi connectivity index (χ3n) is 18.6. The van der Waals surface area contributed by atoms with Gasteiger partial charge >= 0.3 is 5.97 Å². The summed E-state index contributed by atoms with van der Waals surface area (Å²) in [5, 5.41) is 123. The number of hydrogen-bond acceptors (Lipinski definition) is 24. The summed E-state index contributed by atoms with van der Waals surface area (Å²) >= 11 is 14.1. The summed E-state index contributed by atoms with van der Waals surface area (Å²) in [6.45, 7) is 4.50. The molecular weight excluding hydrogens is 1440 g/mol. The Kier molecular flexibility index (Phi) is 27.6. The second kappa shape index (κ2) is 36.3. The Morgan fingerprint density at radius 2 is 1.27 bits per heavy atom. The fourth-order valence-electron chi connectivity index (χ4n) is 12.9. The number of benzene rings is 5. The summed E-state index contributed by atoms with van der Waals surface area (Å²) in [5.74, 6) is -15.3. The van der Waals surface area contributed by atoms with Crippen LogP contribution < -0.4 is 62.5 Å². The molecule has 5 aromatic rings. The molecule has 6 aliphatic heterocycles. The Balaban J connectivity index is 1.21. The average molecular weight is 1530 g/mol. The van der Waals surface area contributed by atoms with E-state index in [0.717, 1.165) is 92.1 Å². The van der Waals surface area contributed by atoms with Crippen molar-refractivity contribution in [1.82, 2.24) is 47.6 Å². The number of aromatic hydroxyl groups is 3. The Labute approximate surface area is 623 Å². The standard InChI is InChI=1S/C72H88Cl2N10O23/c1-6-7-8-9-10-11-12-13-52(89)77-31-50-61(92)62(93)63(94)71(107-50)84(103-5)20-21-104-64-48-26-36-27-49(64)106-47-19-16-35(25-41(47)74)60(91)58-70(100)81-56(72(101)102)39-28-37(85)29-45(87)53(39)38-23-33(14-17-44(38)86)54(67(97)83-58)80-68(98)55(36)79-66(96)43(30-51(75)88)78-69(99)57(82-65(95)42(76-4)22-32(2)3)59(90)34-15-18-46(105-48)40(73)24-34/h14-19,23-29,32,42-43,50,54-63,71,76,85-87,90-94H,6-13,20-22,30-31H2,1-5H3,(H2,75,88)(H,77,89)(H,78,99)(H,79,96)(H,80,98)(H,81,100)(H,82,95)(H,83,97)(H,101,102)/t42-,43+,50-,54-,55-,56-,57-,58+,59-,60-,61-,62+,63-,71-/m1/s1. The van der Waals surface area contributed by atoms with Crippen LogP contribution in [0, 0.1) is 5.92 Å². The molecule has 33 nitrogen and oxygen atoms in total. The van der Waals surface area contributed by atoms with Crippen molar-refractivity contribution in [3.8, 4) is 57.1 Å². The highest BCUT2D eigenvalue weighted by atomic mass is 35.5. The van der Waals surface area contributed by atoms with E-state index in [1.165, 1.54) is 44.5 Å². The largest absolute Gasteiger partial charge is 0.508 e. The normalized spacial score (nSPS) is 24.1. The maximum atomic E-state index is 16.0. The number of carboxylic acids is 1. The van der Waals surface area contributed by atoms with E-state index >= 15 is 14.4 Å². The number of carbonyl (C=O) groups excluding carboxylic acids is 8. The summed E-state index contributed by atoms with van der Waals surface area (Å²) < 4.78 is 25.9. The molecule has 14 atom stereocenters. The number of hydrogen-bond donors (Lipinski definition) is 18. The third-order valence-corrected chi connectivity index (χ3v) is 19.2. The number of primary amides is 1. The van der Waals surface area contributed by atoms with Gasteiger partial charge in [0.1, 0.15) is 102 Å². The van der Waals surface area contributed by atoms with Gasteiger partial charge in [-0.15, -0.1) is 0 Å². The number of ether oxygens (including phenoxy) is 4. The second-order valence-corrected chi connectivity index (χ2v) is 27.6. The first kappa shape index (κ1) is 81.4. The summed E-state index contributed by atoms with van der Waals surface area (Å²) in [5.41, 5.74) is 3.15. The molecule has 19 N–H and O–H groups in total. The first-order chi connectivity index (χ1) is 50.9. The maximum absolute atomic E-state index is 16.0. The number of amides is 8. The lowest BCUT2D eigenvalue weighted by molar-refractivity contribution is -0.324. The van der Waals surface area contributed by atoms with Gasteiger partial charge in [-0.25, -0.2) is 4.79 Å². The van der Waals surface area contributed by atoms with Crippen molar-refractivity contribution < 1.29 is 113 Å². The summed E-state index contributed by atoms with van der Waals surface area (Å²) in [6, 6.07) is 0.113. The predicted molar refractivity (Wildman–Crippen MR) is 380 cm³/mol. The van der Waals surface area contributed by atoms with Crippen LogP contribution in [0.2, 0.25) is 10.0 Å². The molecule has 0 aliphatic carbocycles. The number of likely N-dealkylation sites (N-methyl/N-ethyl adjacent to an activating group) is 1. The summed E-state index contributed by atoms with van der Waals surface area (Å²) in [7, 11) is 2.68. The number of hydroxylamine groups is 2. The van der Waals surface area contributed by atoms with Crippen molar-refractivity contribution >= 4 is 76.4 Å². The van der Waals surface area contributed by atoms with Crippen molar-refractivity contribution in [1.29, 1.82) is 0 Å². The van der Waals surface area contributed by atoms with Crippen molar-refractivity contribution in [2.75, 3.05) is 33.9 Å². The number of carboxylic acid groups (broad SMARTS) is 1. The molecular formula is C72H88Cl2N10O23.